The van der Waals surface area contributed by atoms with Crippen LogP contribution in [0.5, 0.6) is 5.75 Å². The van der Waals surface area contributed by atoms with Crippen LogP contribution in [0.1, 0.15) is 35.4 Å². The predicted octanol–water partition coefficient (Wildman–Crippen LogP) is 2.67. The molecule has 0 amide bonds. The van der Waals surface area contributed by atoms with Gasteiger partial charge < -0.3 is 14.8 Å². The smallest absolute Gasteiger partial charge is 0.243 e. The molecular formula is C27H33N5O4S. The van der Waals surface area contributed by atoms with E-state index in [1.54, 1.807) is 23.5 Å². The van der Waals surface area contributed by atoms with Crippen molar-refractivity contribution < 1.29 is 17.9 Å². The lowest BCUT2D eigenvalue weighted by atomic mass is 10.0. The minimum absolute atomic E-state index is 0.249. The van der Waals surface area contributed by atoms with Crippen LogP contribution < -0.4 is 10.1 Å². The van der Waals surface area contributed by atoms with Crippen molar-refractivity contribution in [2.24, 2.45) is 0 Å². The molecule has 0 saturated carbocycles. The number of ether oxygens (including phenoxy) is 2. The summed E-state index contributed by atoms with van der Waals surface area (Å²) in [6.45, 7) is 4.36. The summed E-state index contributed by atoms with van der Waals surface area (Å²) in [5.41, 5.74) is 4.92. The number of methoxy groups -OCH3 is 1. The highest BCUT2D eigenvalue weighted by molar-refractivity contribution is 7.89. The Morgan fingerprint density at radius 3 is 2.62 bits per heavy atom. The minimum atomic E-state index is -3.62. The number of morpholine rings is 1. The molecule has 10 heteroatoms. The van der Waals surface area contributed by atoms with Crippen molar-refractivity contribution in [3.8, 4) is 11.8 Å². The topological polar surface area (TPSA) is 108 Å². The highest BCUT2D eigenvalue weighted by atomic mass is 32.2. The zero-order chi connectivity index (χ0) is 26.0. The van der Waals surface area contributed by atoms with E-state index in [2.05, 4.69) is 16.3 Å². The zero-order valence-corrected chi connectivity index (χ0v) is 22.2. The number of nitriles is 1. The van der Waals surface area contributed by atoms with E-state index in [-0.39, 0.29) is 4.90 Å². The molecule has 1 aromatic heterocycles. The second-order valence-corrected chi connectivity index (χ2v) is 11.5. The van der Waals surface area contributed by atoms with E-state index in [1.165, 1.54) is 0 Å². The number of nitrogens with one attached hydrogen (secondary N) is 1. The molecule has 1 aromatic carbocycles. The molecule has 5 rings (SSSR count). The van der Waals surface area contributed by atoms with Gasteiger partial charge in [0, 0.05) is 80.7 Å². The van der Waals surface area contributed by atoms with E-state index in [0.29, 0.717) is 43.3 Å². The number of fused-ring (bicyclic) bond motifs is 1. The van der Waals surface area contributed by atoms with Crippen molar-refractivity contribution in [3.05, 3.63) is 52.9 Å². The number of pyridine rings is 1. The lowest BCUT2D eigenvalue weighted by Crippen LogP contribution is -2.50. The number of piperidine rings is 1. The molecule has 0 spiro atoms. The molecule has 0 unspecified atom stereocenters. The van der Waals surface area contributed by atoms with Gasteiger partial charge in [-0.1, -0.05) is 12.1 Å². The average Bonchev–Trinajstić information content (AvgIpc) is 3.36. The molecule has 0 radical (unpaired) electrons. The molecule has 196 valence electrons. The summed E-state index contributed by atoms with van der Waals surface area (Å²) in [7, 11) is -0.232. The molecular weight excluding hydrogens is 490 g/mol. The summed E-state index contributed by atoms with van der Waals surface area (Å²) < 4.78 is 39.6. The van der Waals surface area contributed by atoms with Gasteiger partial charge in [-0.2, -0.15) is 9.57 Å². The number of allylic oxidation sites excluding steroid dienone is 2. The first-order chi connectivity index (χ1) is 17.9. The van der Waals surface area contributed by atoms with Crippen LogP contribution in [0, 0.1) is 11.3 Å². The molecule has 3 aliphatic rings. The number of nitrogens with zero attached hydrogens (tertiary/aromatic N) is 4. The third-order valence-electron chi connectivity index (χ3n) is 7.56. The van der Waals surface area contributed by atoms with Crippen molar-refractivity contribution in [1.29, 1.82) is 5.26 Å². The van der Waals surface area contributed by atoms with E-state index in [1.807, 2.05) is 25.3 Å². The average molecular weight is 524 g/mol. The first kappa shape index (κ1) is 25.7. The Morgan fingerprint density at radius 2 is 1.95 bits per heavy atom. The van der Waals surface area contributed by atoms with Crippen LogP contribution in [-0.4, -0.2) is 82.2 Å². The Hall–Kier alpha value is -2.97. The van der Waals surface area contributed by atoms with Gasteiger partial charge in [-0.05, 0) is 25.0 Å². The van der Waals surface area contributed by atoms with E-state index in [9.17, 15) is 13.7 Å². The summed E-state index contributed by atoms with van der Waals surface area (Å²) in [6.07, 6.45) is 4.66. The summed E-state index contributed by atoms with van der Waals surface area (Å²) in [5, 5.41) is 12.6. The Labute approximate surface area is 218 Å². The van der Waals surface area contributed by atoms with Gasteiger partial charge in [-0.15, -0.1) is 0 Å². The number of anilines is 1. The van der Waals surface area contributed by atoms with Crippen molar-refractivity contribution in [2.45, 2.75) is 36.6 Å². The number of hydrogen-bond acceptors (Lipinski definition) is 8. The van der Waals surface area contributed by atoms with Crippen LogP contribution in [-0.2, 0) is 27.6 Å². The number of benzene rings is 1. The Morgan fingerprint density at radius 1 is 1.19 bits per heavy atom. The number of hydrogen-bond donors (Lipinski definition) is 1. The Bertz CT molecular complexity index is 1340. The van der Waals surface area contributed by atoms with Gasteiger partial charge in [0.2, 0.25) is 10.0 Å². The highest BCUT2D eigenvalue weighted by Gasteiger charge is 2.32. The molecule has 1 N–H and O–H groups in total. The zero-order valence-electron chi connectivity index (χ0n) is 21.4. The molecule has 0 bridgehead atoms. The van der Waals surface area contributed by atoms with Crippen LogP contribution >= 0.6 is 0 Å². The third kappa shape index (κ3) is 5.09. The molecule has 0 atom stereocenters. The normalized spacial score (nSPS) is 19.2. The first-order valence-electron chi connectivity index (χ1n) is 12.7. The van der Waals surface area contributed by atoms with Gasteiger partial charge in [-0.25, -0.2) is 8.42 Å². The van der Waals surface area contributed by atoms with Crippen LogP contribution in [0.2, 0.25) is 0 Å². The Balaban J connectivity index is 1.32. The monoisotopic (exact) mass is 523 g/mol. The first-order valence-corrected chi connectivity index (χ1v) is 14.2. The maximum absolute atomic E-state index is 13.5. The van der Waals surface area contributed by atoms with Gasteiger partial charge in [0.05, 0.1) is 42.6 Å². The van der Waals surface area contributed by atoms with E-state index in [0.717, 1.165) is 67.3 Å². The third-order valence-corrected chi connectivity index (χ3v) is 9.45. The number of aromatic nitrogens is 1. The van der Waals surface area contributed by atoms with Gasteiger partial charge in [0.15, 0.2) is 0 Å². The van der Waals surface area contributed by atoms with Crippen LogP contribution in [0.25, 0.3) is 5.57 Å². The lowest BCUT2D eigenvalue weighted by Gasteiger charge is -2.39. The fourth-order valence-electron chi connectivity index (χ4n) is 5.56. The van der Waals surface area contributed by atoms with Crippen LogP contribution in [0.4, 0.5) is 5.69 Å². The number of rotatable bonds is 7. The summed E-state index contributed by atoms with van der Waals surface area (Å²) in [4.78, 5) is 7.46. The lowest BCUT2D eigenvalue weighted by molar-refractivity contribution is 0.00610. The predicted molar refractivity (Wildman–Crippen MR) is 141 cm³/mol. The number of sulfonamides is 1. The fourth-order valence-corrected chi connectivity index (χ4v) is 7.05. The molecule has 3 heterocycles. The molecule has 2 aromatic rings. The van der Waals surface area contributed by atoms with Crippen molar-refractivity contribution in [2.75, 3.05) is 58.9 Å². The summed E-state index contributed by atoms with van der Waals surface area (Å²) >= 11 is 0. The summed E-state index contributed by atoms with van der Waals surface area (Å²) in [6, 6.07) is 9.71. The minimum Gasteiger partial charge on any atom is -0.496 e. The van der Waals surface area contributed by atoms with Crippen LogP contribution in [0.3, 0.4) is 0 Å². The quantitative estimate of drug-likeness (QED) is 0.590. The van der Waals surface area contributed by atoms with E-state index in [4.69, 9.17) is 14.5 Å². The van der Waals surface area contributed by atoms with E-state index < -0.39 is 10.0 Å². The Kier molecular flexibility index (Phi) is 7.49. The second-order valence-electron chi connectivity index (χ2n) is 9.60. The largest absolute Gasteiger partial charge is 0.496 e. The highest BCUT2D eigenvalue weighted by Crippen LogP contribution is 2.34. The van der Waals surface area contributed by atoms with Gasteiger partial charge >= 0.3 is 0 Å². The summed E-state index contributed by atoms with van der Waals surface area (Å²) in [5.74, 6) is 0.522. The molecule has 37 heavy (non-hydrogen) atoms. The van der Waals surface area contributed by atoms with Crippen molar-refractivity contribution >= 4 is 21.3 Å². The molecule has 9 nitrogen and oxygen atoms in total. The standard InChI is InChI=1S/C27H33N5O4S/c1-29-25-16-21(30-24-6-4-20(18-28)27(24)25)15-19-3-5-23(17-26(19)35-2)37(33,34)32-9-7-22(8-10-32)31-11-13-36-14-12-31/h3-5,16-17,22H,6-15H2,1-2H3,(H,29,30). The van der Waals surface area contributed by atoms with Gasteiger partial charge in [0.25, 0.3) is 0 Å². The van der Waals surface area contributed by atoms with Crippen molar-refractivity contribution in [1.82, 2.24) is 14.2 Å². The second kappa shape index (κ2) is 10.8. The molecule has 2 saturated heterocycles. The molecule has 1 aliphatic carbocycles. The van der Waals surface area contributed by atoms with E-state index >= 15 is 0 Å². The molecule has 2 fully saturated rings. The van der Waals surface area contributed by atoms with Crippen molar-refractivity contribution in [3.63, 3.8) is 0 Å². The van der Waals surface area contributed by atoms with Crippen LogP contribution in [0.15, 0.2) is 35.2 Å². The maximum atomic E-state index is 13.5. The fraction of sp³-hybridized carbons (Fsp3) is 0.481. The molecule has 2 aliphatic heterocycles. The van der Waals surface area contributed by atoms with Gasteiger partial charge in [-0.3, -0.25) is 9.88 Å². The van der Waals surface area contributed by atoms with Gasteiger partial charge in [0.1, 0.15) is 5.75 Å². The SMILES string of the molecule is CNc1cc(Cc2ccc(S(=O)(=O)N3CCC(N4CCOCC4)CC3)cc2OC)nc2c1C(C#N)=CC2. The maximum Gasteiger partial charge on any atom is 0.243 e.